The Kier molecular flexibility index (Phi) is 4.55. The number of ether oxygens (including phenoxy) is 1. The van der Waals surface area contributed by atoms with Gasteiger partial charge in [-0.15, -0.1) is 0 Å². The number of hydrogen-bond acceptors (Lipinski definition) is 3. The van der Waals surface area contributed by atoms with Gasteiger partial charge in [0.1, 0.15) is 5.82 Å². The molecule has 0 bridgehead atoms. The van der Waals surface area contributed by atoms with Gasteiger partial charge in [-0.2, -0.15) is 0 Å². The Morgan fingerprint density at radius 3 is 2.38 bits per heavy atom. The smallest absolute Gasteiger partial charge is 0.337 e. The molecular formula is C15H11ClFNO3. The molecular weight excluding hydrogens is 297 g/mol. The highest BCUT2D eigenvalue weighted by atomic mass is 35.5. The zero-order chi connectivity index (χ0) is 15.4. The van der Waals surface area contributed by atoms with Crippen LogP contribution in [0.4, 0.5) is 10.1 Å². The molecule has 0 saturated heterocycles. The van der Waals surface area contributed by atoms with Gasteiger partial charge in [0, 0.05) is 5.69 Å². The number of benzene rings is 2. The molecule has 0 aromatic heterocycles. The van der Waals surface area contributed by atoms with Crippen LogP contribution >= 0.6 is 11.6 Å². The fourth-order valence-electron chi connectivity index (χ4n) is 1.68. The molecule has 0 atom stereocenters. The van der Waals surface area contributed by atoms with Crippen molar-refractivity contribution in [3.05, 3.63) is 64.4 Å². The second-order valence-corrected chi connectivity index (χ2v) is 4.55. The topological polar surface area (TPSA) is 55.4 Å². The summed E-state index contributed by atoms with van der Waals surface area (Å²) in [6, 6.07) is 9.68. The van der Waals surface area contributed by atoms with Gasteiger partial charge in [-0.05, 0) is 42.5 Å². The van der Waals surface area contributed by atoms with E-state index in [0.29, 0.717) is 11.3 Å². The molecule has 0 heterocycles. The van der Waals surface area contributed by atoms with E-state index in [1.165, 1.54) is 25.3 Å². The van der Waals surface area contributed by atoms with Gasteiger partial charge in [0.25, 0.3) is 5.91 Å². The van der Waals surface area contributed by atoms with Crippen LogP contribution in [0, 0.1) is 5.82 Å². The van der Waals surface area contributed by atoms with Crippen molar-refractivity contribution < 1.29 is 18.7 Å². The number of nitrogens with one attached hydrogen (secondary N) is 1. The summed E-state index contributed by atoms with van der Waals surface area (Å²) in [7, 11) is 1.29. The lowest BCUT2D eigenvalue weighted by Crippen LogP contribution is -2.12. The Bertz CT molecular complexity index is 686. The number of methoxy groups -OCH3 is 1. The number of halogens is 2. The molecule has 0 unspecified atom stereocenters. The van der Waals surface area contributed by atoms with E-state index in [-0.39, 0.29) is 10.6 Å². The Labute approximate surface area is 125 Å². The van der Waals surface area contributed by atoms with Crippen LogP contribution in [0.5, 0.6) is 0 Å². The summed E-state index contributed by atoms with van der Waals surface area (Å²) in [5, 5.41) is 2.63. The van der Waals surface area contributed by atoms with Crippen LogP contribution in [0.25, 0.3) is 0 Å². The quantitative estimate of drug-likeness (QED) is 0.883. The van der Waals surface area contributed by atoms with E-state index in [1.807, 2.05) is 0 Å². The van der Waals surface area contributed by atoms with Gasteiger partial charge in [0.05, 0.1) is 23.3 Å². The lowest BCUT2D eigenvalue weighted by atomic mass is 10.2. The van der Waals surface area contributed by atoms with Crippen molar-refractivity contribution in [1.29, 1.82) is 0 Å². The van der Waals surface area contributed by atoms with Gasteiger partial charge in [-0.3, -0.25) is 4.79 Å². The highest BCUT2D eigenvalue weighted by Crippen LogP contribution is 2.19. The minimum absolute atomic E-state index is 0.0266. The van der Waals surface area contributed by atoms with E-state index in [9.17, 15) is 14.0 Å². The van der Waals surface area contributed by atoms with E-state index in [1.54, 1.807) is 12.1 Å². The molecule has 0 spiro atoms. The summed E-state index contributed by atoms with van der Waals surface area (Å²) in [5.41, 5.74) is 1.01. The molecule has 2 rings (SSSR count). The van der Waals surface area contributed by atoms with E-state index in [4.69, 9.17) is 11.6 Å². The summed E-state index contributed by atoms with van der Waals surface area (Å²) in [6.07, 6.45) is 0. The first-order chi connectivity index (χ1) is 10.0. The van der Waals surface area contributed by atoms with E-state index < -0.39 is 17.7 Å². The Balaban J connectivity index is 2.14. The van der Waals surface area contributed by atoms with Gasteiger partial charge in [0.15, 0.2) is 0 Å². The molecule has 0 saturated carbocycles. The molecule has 0 radical (unpaired) electrons. The highest BCUT2D eigenvalue weighted by molar-refractivity contribution is 6.34. The largest absolute Gasteiger partial charge is 0.465 e. The molecule has 0 aliphatic rings. The van der Waals surface area contributed by atoms with Crippen molar-refractivity contribution in [3.8, 4) is 0 Å². The van der Waals surface area contributed by atoms with Crippen molar-refractivity contribution in [1.82, 2.24) is 0 Å². The Morgan fingerprint density at radius 1 is 1.14 bits per heavy atom. The molecule has 0 fully saturated rings. The van der Waals surface area contributed by atoms with E-state index in [0.717, 1.165) is 12.1 Å². The minimum atomic E-state index is -0.515. The predicted octanol–water partition coefficient (Wildman–Crippen LogP) is 3.52. The Hall–Kier alpha value is -2.40. The lowest BCUT2D eigenvalue weighted by molar-refractivity contribution is 0.0600. The lowest BCUT2D eigenvalue weighted by Gasteiger charge is -2.07. The van der Waals surface area contributed by atoms with Crippen molar-refractivity contribution in [3.63, 3.8) is 0 Å². The van der Waals surface area contributed by atoms with Gasteiger partial charge in [-0.1, -0.05) is 11.6 Å². The molecule has 108 valence electrons. The number of rotatable bonds is 3. The maximum absolute atomic E-state index is 12.9. The van der Waals surface area contributed by atoms with Crippen molar-refractivity contribution in [2.45, 2.75) is 0 Å². The van der Waals surface area contributed by atoms with Crippen molar-refractivity contribution >= 4 is 29.2 Å². The number of esters is 1. The van der Waals surface area contributed by atoms with Crippen LogP contribution in [-0.2, 0) is 4.74 Å². The van der Waals surface area contributed by atoms with Gasteiger partial charge in [-0.25, -0.2) is 9.18 Å². The second-order valence-electron chi connectivity index (χ2n) is 4.15. The highest BCUT2D eigenvalue weighted by Gasteiger charge is 2.12. The predicted molar refractivity (Wildman–Crippen MR) is 77.1 cm³/mol. The fraction of sp³-hybridized carbons (Fsp3) is 0.0667. The molecule has 0 aliphatic heterocycles. The summed E-state index contributed by atoms with van der Waals surface area (Å²) in [4.78, 5) is 23.3. The molecule has 1 N–H and O–H groups in total. The maximum atomic E-state index is 12.9. The van der Waals surface area contributed by atoms with Crippen LogP contribution in [0.2, 0.25) is 5.02 Å². The minimum Gasteiger partial charge on any atom is -0.465 e. The number of carbonyl (C=O) groups excluding carboxylic acids is 2. The second kappa shape index (κ2) is 6.37. The summed E-state index contributed by atoms with van der Waals surface area (Å²) < 4.78 is 17.5. The Morgan fingerprint density at radius 2 is 1.81 bits per heavy atom. The fourth-order valence-corrected chi connectivity index (χ4v) is 1.93. The third kappa shape index (κ3) is 3.58. The average molecular weight is 308 g/mol. The standard InChI is InChI=1S/C15H11ClFNO3/c1-21-15(20)9-2-5-11(6-3-9)18-14(19)12-7-4-10(17)8-13(12)16/h2-8H,1H3,(H,18,19). The first-order valence-electron chi connectivity index (χ1n) is 5.96. The van der Waals surface area contributed by atoms with Crippen molar-refractivity contribution in [2.75, 3.05) is 12.4 Å². The normalized spacial score (nSPS) is 10.0. The summed E-state index contributed by atoms with van der Waals surface area (Å²) in [6.45, 7) is 0. The zero-order valence-corrected chi connectivity index (χ0v) is 11.8. The number of carbonyl (C=O) groups is 2. The summed E-state index contributed by atoms with van der Waals surface area (Å²) >= 11 is 5.81. The summed E-state index contributed by atoms with van der Waals surface area (Å²) in [5.74, 6) is -1.45. The molecule has 6 heteroatoms. The van der Waals surface area contributed by atoms with Gasteiger partial charge < -0.3 is 10.1 Å². The first-order valence-corrected chi connectivity index (χ1v) is 6.34. The number of anilines is 1. The maximum Gasteiger partial charge on any atom is 0.337 e. The van der Waals surface area contributed by atoms with E-state index in [2.05, 4.69) is 10.1 Å². The third-order valence-electron chi connectivity index (χ3n) is 2.74. The van der Waals surface area contributed by atoms with Gasteiger partial charge >= 0.3 is 5.97 Å². The first kappa shape index (κ1) is 15.0. The molecule has 2 aromatic rings. The molecule has 2 aromatic carbocycles. The number of amides is 1. The van der Waals surface area contributed by atoms with Crippen LogP contribution in [-0.4, -0.2) is 19.0 Å². The SMILES string of the molecule is COC(=O)c1ccc(NC(=O)c2ccc(F)cc2Cl)cc1. The molecule has 0 aliphatic carbocycles. The van der Waals surface area contributed by atoms with Crippen LogP contribution in [0.3, 0.4) is 0 Å². The molecule has 1 amide bonds. The monoisotopic (exact) mass is 307 g/mol. The third-order valence-corrected chi connectivity index (χ3v) is 3.05. The van der Waals surface area contributed by atoms with Crippen LogP contribution in [0.15, 0.2) is 42.5 Å². The number of hydrogen-bond donors (Lipinski definition) is 1. The van der Waals surface area contributed by atoms with Crippen LogP contribution < -0.4 is 5.32 Å². The molecule has 21 heavy (non-hydrogen) atoms. The zero-order valence-electron chi connectivity index (χ0n) is 11.0. The van der Waals surface area contributed by atoms with Crippen molar-refractivity contribution in [2.24, 2.45) is 0 Å². The van der Waals surface area contributed by atoms with Gasteiger partial charge in [0.2, 0.25) is 0 Å². The molecule has 4 nitrogen and oxygen atoms in total. The van der Waals surface area contributed by atoms with Crippen LogP contribution in [0.1, 0.15) is 20.7 Å². The van der Waals surface area contributed by atoms with E-state index >= 15 is 0 Å². The average Bonchev–Trinajstić information content (AvgIpc) is 2.47.